The number of hydrogen-bond donors (Lipinski definition) is 1. The number of unbranched alkanes of at least 4 members (excludes halogenated alkanes) is 1. The maximum Gasteiger partial charge on any atom is 0.224 e. The van der Waals surface area contributed by atoms with Gasteiger partial charge in [0.15, 0.2) is 0 Å². The first-order valence-electron chi connectivity index (χ1n) is 6.26. The van der Waals surface area contributed by atoms with Crippen molar-refractivity contribution in [2.45, 2.75) is 32.1 Å². The van der Waals surface area contributed by atoms with Gasteiger partial charge in [-0.1, -0.05) is 37.6 Å². The summed E-state index contributed by atoms with van der Waals surface area (Å²) in [6, 6.07) is 10.00. The van der Waals surface area contributed by atoms with Crippen LogP contribution in [0.5, 0.6) is 0 Å². The monoisotopic (exact) mass is 240 g/mol. The van der Waals surface area contributed by atoms with E-state index in [0.717, 1.165) is 24.0 Å². The van der Waals surface area contributed by atoms with E-state index < -0.39 is 0 Å². The summed E-state index contributed by atoms with van der Waals surface area (Å²) in [6.45, 7) is 2.05. The number of rotatable bonds is 4. The number of fused-ring (bicyclic) bond motifs is 1. The molecule has 1 aliphatic carbocycles. The molecule has 18 heavy (non-hydrogen) atoms. The van der Waals surface area contributed by atoms with Gasteiger partial charge in [0.1, 0.15) is 5.92 Å². The smallest absolute Gasteiger partial charge is 0.224 e. The first kappa shape index (κ1) is 12.4. The number of allylic oxidation sites excluding steroid dienone is 1. The fraction of sp³-hybridized carbons (Fsp3) is 0.333. The Morgan fingerprint density at radius 3 is 2.94 bits per heavy atom. The fourth-order valence-corrected chi connectivity index (χ4v) is 2.13. The van der Waals surface area contributed by atoms with Crippen molar-refractivity contribution in [3.8, 4) is 6.07 Å². The van der Waals surface area contributed by atoms with E-state index in [1.807, 2.05) is 30.3 Å². The van der Waals surface area contributed by atoms with Gasteiger partial charge in [-0.25, -0.2) is 0 Å². The van der Waals surface area contributed by atoms with Crippen LogP contribution in [0, 0.1) is 11.3 Å². The second-order valence-corrected chi connectivity index (χ2v) is 4.44. The Kier molecular flexibility index (Phi) is 3.78. The molecule has 3 heteroatoms. The van der Waals surface area contributed by atoms with Crippen LogP contribution in [0.15, 0.2) is 30.0 Å². The van der Waals surface area contributed by atoms with E-state index in [1.54, 1.807) is 0 Å². The topological polar surface area (TPSA) is 52.9 Å². The van der Waals surface area contributed by atoms with Crippen LogP contribution in [0.3, 0.4) is 0 Å². The highest BCUT2D eigenvalue weighted by Crippen LogP contribution is 2.33. The summed E-state index contributed by atoms with van der Waals surface area (Å²) in [6.07, 6.45) is 4.28. The molecule has 92 valence electrons. The summed E-state index contributed by atoms with van der Waals surface area (Å²) in [5.74, 6) is -0.345. The Balaban J connectivity index is 2.12. The zero-order valence-electron chi connectivity index (χ0n) is 10.4. The third kappa shape index (κ3) is 2.43. The molecule has 0 aliphatic heterocycles. The SMILES string of the molecule is CCCCC(=O)NC1=Cc2ccccc2C1C#N. The standard InChI is InChI=1S/C15H16N2O/c1-2-3-8-15(18)17-14-9-11-6-4-5-7-12(11)13(14)10-16/h4-7,9,13H,2-3,8H2,1H3,(H,17,18). The van der Waals surface area contributed by atoms with Gasteiger partial charge >= 0.3 is 0 Å². The van der Waals surface area contributed by atoms with Crippen LogP contribution in [0.1, 0.15) is 43.2 Å². The number of amides is 1. The molecule has 0 aromatic heterocycles. The molecule has 0 fully saturated rings. The molecule has 1 aromatic rings. The van der Waals surface area contributed by atoms with Crippen LogP contribution in [0.2, 0.25) is 0 Å². The van der Waals surface area contributed by atoms with Crippen molar-refractivity contribution in [2.75, 3.05) is 0 Å². The van der Waals surface area contributed by atoms with Crippen LogP contribution in [-0.2, 0) is 4.79 Å². The number of hydrogen-bond acceptors (Lipinski definition) is 2. The van der Waals surface area contributed by atoms with Gasteiger partial charge in [0.25, 0.3) is 0 Å². The lowest BCUT2D eigenvalue weighted by Crippen LogP contribution is -2.24. The third-order valence-electron chi connectivity index (χ3n) is 3.10. The van der Waals surface area contributed by atoms with Gasteiger partial charge in [-0.3, -0.25) is 4.79 Å². The molecular weight excluding hydrogens is 224 g/mol. The summed E-state index contributed by atoms with van der Waals surface area (Å²) in [7, 11) is 0. The Hall–Kier alpha value is -2.08. The van der Waals surface area contributed by atoms with Crippen LogP contribution >= 0.6 is 0 Å². The molecule has 0 spiro atoms. The van der Waals surface area contributed by atoms with Crippen molar-refractivity contribution >= 4 is 12.0 Å². The van der Waals surface area contributed by atoms with Crippen LogP contribution in [0.25, 0.3) is 6.08 Å². The Bertz CT molecular complexity index is 526. The first-order valence-corrected chi connectivity index (χ1v) is 6.26. The quantitative estimate of drug-likeness (QED) is 0.879. The van der Waals surface area contributed by atoms with E-state index >= 15 is 0 Å². The van der Waals surface area contributed by atoms with E-state index in [2.05, 4.69) is 18.3 Å². The number of nitrogens with one attached hydrogen (secondary N) is 1. The van der Waals surface area contributed by atoms with E-state index in [0.29, 0.717) is 12.1 Å². The summed E-state index contributed by atoms with van der Waals surface area (Å²) < 4.78 is 0. The average molecular weight is 240 g/mol. The maximum atomic E-state index is 11.7. The normalized spacial score (nSPS) is 16.7. The van der Waals surface area contributed by atoms with Crippen LogP contribution in [0.4, 0.5) is 0 Å². The number of benzene rings is 1. The van der Waals surface area contributed by atoms with Crippen molar-refractivity contribution in [1.82, 2.24) is 5.32 Å². The van der Waals surface area contributed by atoms with Gasteiger partial charge in [-0.2, -0.15) is 5.26 Å². The van der Waals surface area contributed by atoms with Gasteiger partial charge in [0, 0.05) is 12.1 Å². The van der Waals surface area contributed by atoms with E-state index in [1.165, 1.54) is 0 Å². The predicted molar refractivity (Wildman–Crippen MR) is 70.4 cm³/mol. The molecule has 0 heterocycles. The highest BCUT2D eigenvalue weighted by Gasteiger charge is 2.25. The number of nitriles is 1. The fourth-order valence-electron chi connectivity index (χ4n) is 2.13. The Morgan fingerprint density at radius 1 is 1.44 bits per heavy atom. The van der Waals surface area contributed by atoms with Gasteiger partial charge in [-0.15, -0.1) is 0 Å². The predicted octanol–water partition coefficient (Wildman–Crippen LogP) is 2.95. The van der Waals surface area contributed by atoms with E-state index in [-0.39, 0.29) is 11.8 Å². The maximum absolute atomic E-state index is 11.7. The van der Waals surface area contributed by atoms with Gasteiger partial charge in [-0.05, 0) is 23.6 Å². The van der Waals surface area contributed by atoms with E-state index in [4.69, 9.17) is 0 Å². The highest BCUT2D eigenvalue weighted by atomic mass is 16.1. The van der Waals surface area contributed by atoms with Gasteiger partial charge in [0.2, 0.25) is 5.91 Å². The second kappa shape index (κ2) is 5.50. The molecule has 1 amide bonds. The van der Waals surface area contributed by atoms with Gasteiger partial charge < -0.3 is 5.32 Å². The molecular formula is C15H16N2O. The minimum absolute atomic E-state index is 0.00356. The average Bonchev–Trinajstić information content (AvgIpc) is 2.73. The largest absolute Gasteiger partial charge is 0.328 e. The second-order valence-electron chi connectivity index (χ2n) is 4.44. The molecule has 0 radical (unpaired) electrons. The van der Waals surface area contributed by atoms with Crippen molar-refractivity contribution in [3.63, 3.8) is 0 Å². The van der Waals surface area contributed by atoms with Crippen molar-refractivity contribution in [2.24, 2.45) is 0 Å². The molecule has 1 aliphatic rings. The number of nitrogens with zero attached hydrogens (tertiary/aromatic N) is 1. The zero-order valence-corrected chi connectivity index (χ0v) is 10.4. The summed E-state index contributed by atoms with van der Waals surface area (Å²) >= 11 is 0. The Labute approximate surface area is 107 Å². The molecule has 1 atom stereocenters. The Morgan fingerprint density at radius 2 is 2.22 bits per heavy atom. The molecule has 1 N–H and O–H groups in total. The number of carbonyl (C=O) groups is 1. The molecule has 3 nitrogen and oxygen atoms in total. The lowest BCUT2D eigenvalue weighted by Gasteiger charge is -2.10. The lowest BCUT2D eigenvalue weighted by atomic mass is 10.0. The molecule has 2 rings (SSSR count). The van der Waals surface area contributed by atoms with Crippen molar-refractivity contribution in [3.05, 3.63) is 41.1 Å². The number of carbonyl (C=O) groups excluding carboxylic acids is 1. The minimum Gasteiger partial charge on any atom is -0.328 e. The molecule has 1 aromatic carbocycles. The molecule has 0 saturated carbocycles. The lowest BCUT2D eigenvalue weighted by molar-refractivity contribution is -0.120. The van der Waals surface area contributed by atoms with Crippen LogP contribution < -0.4 is 5.32 Å². The summed E-state index contributed by atoms with van der Waals surface area (Å²) in [4.78, 5) is 11.7. The highest BCUT2D eigenvalue weighted by molar-refractivity contribution is 5.81. The zero-order chi connectivity index (χ0) is 13.0. The van der Waals surface area contributed by atoms with E-state index in [9.17, 15) is 10.1 Å². The van der Waals surface area contributed by atoms with Crippen molar-refractivity contribution in [1.29, 1.82) is 5.26 Å². The summed E-state index contributed by atoms with van der Waals surface area (Å²) in [5.41, 5.74) is 2.71. The third-order valence-corrected chi connectivity index (χ3v) is 3.10. The molecule has 0 saturated heterocycles. The molecule has 1 unspecified atom stereocenters. The summed E-state index contributed by atoms with van der Waals surface area (Å²) in [5, 5.41) is 12.1. The minimum atomic E-state index is -0.341. The van der Waals surface area contributed by atoms with Gasteiger partial charge in [0.05, 0.1) is 6.07 Å². The van der Waals surface area contributed by atoms with Crippen LogP contribution in [-0.4, -0.2) is 5.91 Å². The first-order chi connectivity index (χ1) is 8.76. The molecule has 0 bridgehead atoms. The van der Waals surface area contributed by atoms with Crippen molar-refractivity contribution < 1.29 is 4.79 Å².